The number of aliphatic imine (C=N–C) groups is 1. The number of amides is 2. The quantitative estimate of drug-likeness (QED) is 0.365. The van der Waals surface area contributed by atoms with Gasteiger partial charge in [-0.3, -0.25) is 9.59 Å². The lowest BCUT2D eigenvalue weighted by atomic mass is 10.0. The van der Waals surface area contributed by atoms with Gasteiger partial charge >= 0.3 is 0 Å². The molecule has 0 spiro atoms. The topological polar surface area (TPSA) is 123 Å². The molecule has 0 saturated carbocycles. The summed E-state index contributed by atoms with van der Waals surface area (Å²) in [7, 11) is 1.50. The molecule has 2 aromatic carbocycles. The predicted octanol–water partition coefficient (Wildman–Crippen LogP) is 3.48. The van der Waals surface area contributed by atoms with E-state index in [-0.39, 0.29) is 16.9 Å². The van der Waals surface area contributed by atoms with Crippen molar-refractivity contribution in [2.75, 3.05) is 12.4 Å². The number of nitrogens with zero attached hydrogens (tertiary/aromatic N) is 5. The van der Waals surface area contributed by atoms with Crippen LogP contribution >= 0.6 is 0 Å². The summed E-state index contributed by atoms with van der Waals surface area (Å²) in [6.07, 6.45) is 3.34. The molecule has 10 nitrogen and oxygen atoms in total. The van der Waals surface area contributed by atoms with Crippen molar-refractivity contribution in [2.45, 2.75) is 6.17 Å². The number of benzodiazepines with no additional fused rings is 1. The van der Waals surface area contributed by atoms with Crippen LogP contribution in [0.4, 0.5) is 10.1 Å². The van der Waals surface area contributed by atoms with Crippen molar-refractivity contribution >= 4 is 28.9 Å². The summed E-state index contributed by atoms with van der Waals surface area (Å²) < 4.78 is 21.4. The van der Waals surface area contributed by atoms with E-state index in [1.807, 2.05) is 18.2 Å². The van der Waals surface area contributed by atoms with Gasteiger partial charge in [-0.15, -0.1) is 0 Å². The SMILES string of the molecule is COc1ccc(-c2nn3cccnc3c2C(=O)N[C@H]2N=C(c3ccccc3)c3cccc(F)c3NC2=O)cn1. The molecule has 0 bridgehead atoms. The van der Waals surface area contributed by atoms with Gasteiger partial charge in [-0.1, -0.05) is 42.5 Å². The standard InChI is InChI=1S/C28H20FN7O3/c1-39-20-12-11-17(15-31-20)23-21(26-30-13-6-14-36(26)35-23)27(37)34-25-28(38)33-24-18(9-5-10-19(24)29)22(32-25)16-7-3-2-4-8-16/h2-15,25H,1H3,(H,33,38)(H,34,37)/t25-/m1/s1. The number of benzene rings is 2. The van der Waals surface area contributed by atoms with E-state index in [9.17, 15) is 14.0 Å². The van der Waals surface area contributed by atoms with Crippen molar-refractivity contribution in [1.82, 2.24) is 24.9 Å². The third kappa shape index (κ3) is 4.35. The van der Waals surface area contributed by atoms with E-state index in [2.05, 4.69) is 30.7 Å². The monoisotopic (exact) mass is 521 g/mol. The van der Waals surface area contributed by atoms with Crippen LogP contribution in [0, 0.1) is 5.82 Å². The van der Waals surface area contributed by atoms with Gasteiger partial charge in [0.1, 0.15) is 17.1 Å². The number of nitrogens with one attached hydrogen (secondary N) is 2. The number of pyridine rings is 1. The zero-order valence-corrected chi connectivity index (χ0v) is 20.5. The summed E-state index contributed by atoms with van der Waals surface area (Å²) >= 11 is 0. The molecule has 1 atom stereocenters. The van der Waals surface area contributed by atoms with E-state index in [1.165, 1.54) is 36.2 Å². The number of hydrogen-bond acceptors (Lipinski definition) is 7. The Labute approximate surface area is 221 Å². The summed E-state index contributed by atoms with van der Waals surface area (Å²) in [6, 6.07) is 18.6. The molecule has 6 rings (SSSR count). The Bertz CT molecular complexity index is 1750. The van der Waals surface area contributed by atoms with Crippen LogP contribution in [-0.2, 0) is 4.79 Å². The Kier molecular flexibility index (Phi) is 6.00. The van der Waals surface area contributed by atoms with Crippen molar-refractivity contribution in [3.8, 4) is 17.1 Å². The maximum atomic E-state index is 14.8. The Morgan fingerprint density at radius 2 is 1.87 bits per heavy atom. The molecule has 0 unspecified atom stereocenters. The van der Waals surface area contributed by atoms with Gasteiger partial charge in [-0.2, -0.15) is 5.10 Å². The molecule has 3 aromatic heterocycles. The molecule has 2 N–H and O–H groups in total. The fraction of sp³-hybridized carbons (Fsp3) is 0.0714. The first-order valence-corrected chi connectivity index (χ1v) is 11.9. The van der Waals surface area contributed by atoms with Gasteiger partial charge in [0.25, 0.3) is 11.8 Å². The van der Waals surface area contributed by atoms with Crippen LogP contribution in [-0.4, -0.2) is 50.4 Å². The smallest absolute Gasteiger partial charge is 0.269 e. The first kappa shape index (κ1) is 23.9. The number of hydrogen-bond donors (Lipinski definition) is 2. The number of carbonyl (C=O) groups excluding carboxylic acids is 2. The fourth-order valence-electron chi connectivity index (χ4n) is 4.36. The zero-order chi connectivity index (χ0) is 26.9. The number of fused-ring (bicyclic) bond motifs is 2. The highest BCUT2D eigenvalue weighted by atomic mass is 19.1. The van der Waals surface area contributed by atoms with E-state index >= 15 is 0 Å². The Hall–Kier alpha value is -5.45. The van der Waals surface area contributed by atoms with E-state index in [0.29, 0.717) is 34.0 Å². The number of ether oxygens (including phenoxy) is 1. The summed E-state index contributed by atoms with van der Waals surface area (Å²) in [5.41, 5.74) is 2.64. The van der Waals surface area contributed by atoms with Gasteiger partial charge in [0, 0.05) is 41.3 Å². The number of carbonyl (C=O) groups is 2. The number of methoxy groups -OCH3 is 1. The van der Waals surface area contributed by atoms with Crippen molar-refractivity contribution in [3.05, 3.63) is 108 Å². The number of rotatable bonds is 5. The van der Waals surface area contributed by atoms with Crippen LogP contribution < -0.4 is 15.4 Å². The molecule has 39 heavy (non-hydrogen) atoms. The third-order valence-corrected chi connectivity index (χ3v) is 6.18. The number of aromatic nitrogens is 4. The molecule has 11 heteroatoms. The second-order valence-corrected chi connectivity index (χ2v) is 8.57. The van der Waals surface area contributed by atoms with Crippen LogP contribution in [0.15, 0.2) is 90.3 Å². The molecule has 1 aliphatic heterocycles. The molecular formula is C28H20FN7O3. The van der Waals surface area contributed by atoms with Crippen molar-refractivity contribution in [3.63, 3.8) is 0 Å². The molecule has 5 aromatic rings. The van der Waals surface area contributed by atoms with Crippen LogP contribution in [0.3, 0.4) is 0 Å². The van der Waals surface area contributed by atoms with Gasteiger partial charge in [0.2, 0.25) is 12.0 Å². The Morgan fingerprint density at radius 1 is 1.03 bits per heavy atom. The number of para-hydroxylation sites is 1. The van der Waals surface area contributed by atoms with Crippen LogP contribution in [0.2, 0.25) is 0 Å². The van der Waals surface area contributed by atoms with Gasteiger partial charge in [0.15, 0.2) is 5.65 Å². The molecule has 0 saturated heterocycles. The minimum Gasteiger partial charge on any atom is -0.481 e. The molecule has 2 amide bonds. The third-order valence-electron chi connectivity index (χ3n) is 6.18. The first-order valence-electron chi connectivity index (χ1n) is 11.9. The summed E-state index contributed by atoms with van der Waals surface area (Å²) in [5, 5.41) is 9.80. The van der Waals surface area contributed by atoms with Crippen LogP contribution in [0.25, 0.3) is 16.9 Å². The van der Waals surface area contributed by atoms with Crippen molar-refractivity contribution in [2.24, 2.45) is 4.99 Å². The highest BCUT2D eigenvalue weighted by Crippen LogP contribution is 2.28. The van der Waals surface area contributed by atoms with Crippen molar-refractivity contribution < 1.29 is 18.7 Å². The molecule has 0 radical (unpaired) electrons. The molecule has 0 fully saturated rings. The summed E-state index contributed by atoms with van der Waals surface area (Å²) in [5.74, 6) is -1.55. The highest BCUT2D eigenvalue weighted by Gasteiger charge is 2.31. The predicted molar refractivity (Wildman–Crippen MR) is 141 cm³/mol. The largest absolute Gasteiger partial charge is 0.481 e. The average molecular weight is 522 g/mol. The highest BCUT2D eigenvalue weighted by molar-refractivity contribution is 6.20. The summed E-state index contributed by atoms with van der Waals surface area (Å²) in [4.78, 5) is 40.1. The summed E-state index contributed by atoms with van der Waals surface area (Å²) in [6.45, 7) is 0. The molecule has 1 aliphatic rings. The number of halogens is 1. The van der Waals surface area contributed by atoms with Gasteiger partial charge in [-0.25, -0.2) is 23.9 Å². The van der Waals surface area contributed by atoms with E-state index in [4.69, 9.17) is 4.74 Å². The lowest BCUT2D eigenvalue weighted by molar-refractivity contribution is -0.117. The second-order valence-electron chi connectivity index (χ2n) is 8.57. The van der Waals surface area contributed by atoms with Gasteiger partial charge in [-0.05, 0) is 18.2 Å². The van der Waals surface area contributed by atoms with Crippen LogP contribution in [0.1, 0.15) is 21.5 Å². The maximum Gasteiger partial charge on any atom is 0.269 e. The average Bonchev–Trinajstić information content (AvgIpc) is 3.30. The van der Waals surface area contributed by atoms with Gasteiger partial charge < -0.3 is 15.4 Å². The zero-order valence-electron chi connectivity index (χ0n) is 20.5. The minimum absolute atomic E-state index is 0.00972. The normalized spacial score (nSPS) is 14.7. The molecule has 4 heterocycles. The Morgan fingerprint density at radius 3 is 2.64 bits per heavy atom. The second kappa shape index (κ2) is 9.78. The van der Waals surface area contributed by atoms with Gasteiger partial charge in [0.05, 0.1) is 18.5 Å². The molecule has 0 aliphatic carbocycles. The van der Waals surface area contributed by atoms with E-state index < -0.39 is 23.8 Å². The number of anilines is 1. The lowest BCUT2D eigenvalue weighted by Crippen LogP contribution is -2.42. The molecular weight excluding hydrogens is 501 g/mol. The van der Waals surface area contributed by atoms with E-state index in [0.717, 1.165) is 0 Å². The van der Waals surface area contributed by atoms with Crippen LogP contribution in [0.5, 0.6) is 5.88 Å². The first-order chi connectivity index (χ1) is 19.0. The Balaban J connectivity index is 1.44. The molecule has 192 valence electrons. The van der Waals surface area contributed by atoms with E-state index in [1.54, 1.807) is 42.6 Å². The lowest BCUT2D eigenvalue weighted by Gasteiger charge is -2.13. The van der Waals surface area contributed by atoms with Crippen molar-refractivity contribution in [1.29, 1.82) is 0 Å². The fourth-order valence-corrected chi connectivity index (χ4v) is 4.36. The minimum atomic E-state index is -1.37. The maximum absolute atomic E-state index is 14.8.